The van der Waals surface area contributed by atoms with Gasteiger partial charge in [-0.1, -0.05) is 6.07 Å². The number of carbonyl (C=O) groups is 2. The fourth-order valence-electron chi connectivity index (χ4n) is 2.77. The minimum absolute atomic E-state index is 0.00208. The van der Waals surface area contributed by atoms with Crippen LogP contribution in [-0.4, -0.2) is 23.0 Å². The summed E-state index contributed by atoms with van der Waals surface area (Å²) in [6.07, 6.45) is 1.85. The number of nitrogens with one attached hydrogen (secondary N) is 2. The lowest BCUT2D eigenvalue weighted by Gasteiger charge is -2.18. The Labute approximate surface area is 163 Å². The van der Waals surface area contributed by atoms with E-state index in [2.05, 4.69) is 33.2 Å². The number of amides is 2. The van der Waals surface area contributed by atoms with Crippen LogP contribution in [0.5, 0.6) is 5.75 Å². The molecule has 26 heavy (non-hydrogen) atoms. The van der Waals surface area contributed by atoms with Crippen LogP contribution >= 0.6 is 22.6 Å². The standard InChI is InChI=1S/C19H14IN3O3/c20-12-3-1-4-14(9-12)23-8-2-5-16(23)19(25)21-13-6-7-17-15(10-13)22-18(24)11-26-17/h1-10H,11H2,(H,21,25)(H,22,24). The van der Waals surface area contributed by atoms with Crippen LogP contribution in [0.3, 0.4) is 0 Å². The molecule has 2 heterocycles. The van der Waals surface area contributed by atoms with Crippen molar-refractivity contribution in [2.24, 2.45) is 0 Å². The summed E-state index contributed by atoms with van der Waals surface area (Å²) in [5, 5.41) is 5.60. The number of aromatic nitrogens is 1. The Hall–Kier alpha value is -2.81. The number of fused-ring (bicyclic) bond motifs is 1. The van der Waals surface area contributed by atoms with Gasteiger partial charge in [0.25, 0.3) is 11.8 Å². The number of hydrogen-bond donors (Lipinski definition) is 2. The fourth-order valence-corrected chi connectivity index (χ4v) is 3.30. The van der Waals surface area contributed by atoms with Crippen LogP contribution in [0.1, 0.15) is 10.5 Å². The summed E-state index contributed by atoms with van der Waals surface area (Å²) in [5.41, 5.74) is 2.56. The molecule has 2 aromatic carbocycles. The number of halogens is 1. The lowest BCUT2D eigenvalue weighted by Crippen LogP contribution is -2.25. The first kappa shape index (κ1) is 16.6. The second-order valence-electron chi connectivity index (χ2n) is 5.75. The molecule has 0 spiro atoms. The van der Waals surface area contributed by atoms with Crippen LogP contribution in [0, 0.1) is 3.57 Å². The number of ether oxygens (including phenoxy) is 1. The van der Waals surface area contributed by atoms with Crippen LogP contribution in [0.15, 0.2) is 60.8 Å². The fraction of sp³-hybridized carbons (Fsp3) is 0.0526. The van der Waals surface area contributed by atoms with Gasteiger partial charge in [0.15, 0.2) is 6.61 Å². The summed E-state index contributed by atoms with van der Waals surface area (Å²) < 4.78 is 8.25. The zero-order chi connectivity index (χ0) is 18.1. The van der Waals surface area contributed by atoms with Crippen LogP contribution in [0.2, 0.25) is 0 Å². The molecule has 0 radical (unpaired) electrons. The van der Waals surface area contributed by atoms with Gasteiger partial charge < -0.3 is 19.9 Å². The smallest absolute Gasteiger partial charge is 0.272 e. The van der Waals surface area contributed by atoms with E-state index < -0.39 is 0 Å². The quantitative estimate of drug-likeness (QED) is 0.588. The molecular weight excluding hydrogens is 445 g/mol. The van der Waals surface area contributed by atoms with Crippen LogP contribution in [0.25, 0.3) is 5.69 Å². The molecule has 0 bridgehead atoms. The molecule has 2 amide bonds. The van der Waals surface area contributed by atoms with Gasteiger partial charge in [0.2, 0.25) is 0 Å². The Morgan fingerprint density at radius 1 is 1.15 bits per heavy atom. The Morgan fingerprint density at radius 2 is 2.04 bits per heavy atom. The second-order valence-corrected chi connectivity index (χ2v) is 6.99. The van der Waals surface area contributed by atoms with Crippen molar-refractivity contribution in [2.75, 3.05) is 17.2 Å². The summed E-state index contributed by atoms with van der Waals surface area (Å²) in [4.78, 5) is 24.2. The van der Waals surface area contributed by atoms with E-state index in [1.807, 2.05) is 41.1 Å². The number of benzene rings is 2. The summed E-state index contributed by atoms with van der Waals surface area (Å²) in [6, 6.07) is 16.6. The average Bonchev–Trinajstić information content (AvgIpc) is 3.11. The molecule has 0 saturated heterocycles. The van der Waals surface area contributed by atoms with E-state index in [-0.39, 0.29) is 18.4 Å². The summed E-state index contributed by atoms with van der Waals surface area (Å²) >= 11 is 2.24. The van der Waals surface area contributed by atoms with Crippen LogP contribution < -0.4 is 15.4 Å². The van der Waals surface area contributed by atoms with E-state index in [4.69, 9.17) is 4.74 Å². The van der Waals surface area contributed by atoms with E-state index in [0.29, 0.717) is 22.8 Å². The Morgan fingerprint density at radius 3 is 2.88 bits per heavy atom. The van der Waals surface area contributed by atoms with Gasteiger partial charge in [-0.05, 0) is 71.1 Å². The van der Waals surface area contributed by atoms with Gasteiger partial charge in [-0.25, -0.2) is 0 Å². The second kappa shape index (κ2) is 6.83. The van der Waals surface area contributed by atoms with E-state index in [1.54, 1.807) is 24.3 Å². The Bertz CT molecular complexity index is 1010. The first-order valence-corrected chi connectivity index (χ1v) is 8.99. The highest BCUT2D eigenvalue weighted by Gasteiger charge is 2.18. The average molecular weight is 459 g/mol. The van der Waals surface area contributed by atoms with Gasteiger partial charge in [-0.2, -0.15) is 0 Å². The lowest BCUT2D eigenvalue weighted by molar-refractivity contribution is -0.118. The SMILES string of the molecule is O=C1COc2ccc(NC(=O)c3cccn3-c3cccc(I)c3)cc2N1. The largest absolute Gasteiger partial charge is 0.482 e. The molecule has 2 N–H and O–H groups in total. The summed E-state index contributed by atoms with van der Waals surface area (Å²) in [5.74, 6) is 0.134. The van der Waals surface area contributed by atoms with Gasteiger partial charge in [0, 0.05) is 21.1 Å². The molecule has 1 aliphatic heterocycles. The molecule has 0 unspecified atom stereocenters. The van der Waals surface area contributed by atoms with Crippen LogP contribution in [0.4, 0.5) is 11.4 Å². The highest BCUT2D eigenvalue weighted by Crippen LogP contribution is 2.30. The Balaban J connectivity index is 1.59. The maximum atomic E-state index is 12.7. The molecule has 7 heteroatoms. The molecule has 1 aromatic heterocycles. The van der Waals surface area contributed by atoms with Crippen LogP contribution in [-0.2, 0) is 4.79 Å². The molecule has 6 nitrogen and oxygen atoms in total. The number of hydrogen-bond acceptors (Lipinski definition) is 3. The topological polar surface area (TPSA) is 72.4 Å². The van der Waals surface area contributed by atoms with Crippen molar-refractivity contribution in [1.29, 1.82) is 0 Å². The molecule has 3 aromatic rings. The molecule has 0 saturated carbocycles. The summed E-state index contributed by atoms with van der Waals surface area (Å²) in [7, 11) is 0. The minimum atomic E-state index is -0.239. The van der Waals surface area contributed by atoms with Gasteiger partial charge in [-0.3, -0.25) is 9.59 Å². The molecule has 0 aliphatic carbocycles. The number of nitrogens with zero attached hydrogens (tertiary/aromatic N) is 1. The zero-order valence-electron chi connectivity index (χ0n) is 13.5. The number of rotatable bonds is 3. The maximum Gasteiger partial charge on any atom is 0.272 e. The van der Waals surface area contributed by atoms with Gasteiger partial charge in [-0.15, -0.1) is 0 Å². The van der Waals surface area contributed by atoms with E-state index >= 15 is 0 Å². The van der Waals surface area contributed by atoms with Crippen molar-refractivity contribution in [2.45, 2.75) is 0 Å². The van der Waals surface area contributed by atoms with Crippen molar-refractivity contribution in [3.05, 3.63) is 70.1 Å². The van der Waals surface area contributed by atoms with Gasteiger partial charge in [0.1, 0.15) is 11.4 Å². The number of carbonyl (C=O) groups excluding carboxylic acids is 2. The maximum absolute atomic E-state index is 12.7. The van der Waals surface area contributed by atoms with Crippen molar-refractivity contribution in [3.63, 3.8) is 0 Å². The molecule has 0 fully saturated rings. The molecular formula is C19H14IN3O3. The summed E-state index contributed by atoms with van der Waals surface area (Å²) in [6.45, 7) is 0.00208. The van der Waals surface area contributed by atoms with Gasteiger partial charge in [0.05, 0.1) is 5.69 Å². The molecule has 0 atom stereocenters. The molecule has 130 valence electrons. The van der Waals surface area contributed by atoms with E-state index in [9.17, 15) is 9.59 Å². The highest BCUT2D eigenvalue weighted by atomic mass is 127. The van der Waals surface area contributed by atoms with Crippen molar-refractivity contribution in [1.82, 2.24) is 4.57 Å². The monoisotopic (exact) mass is 459 g/mol. The third-order valence-electron chi connectivity index (χ3n) is 3.94. The number of anilines is 2. The third-order valence-corrected chi connectivity index (χ3v) is 4.61. The first-order chi connectivity index (χ1) is 12.6. The zero-order valence-corrected chi connectivity index (χ0v) is 15.7. The lowest BCUT2D eigenvalue weighted by atomic mass is 10.2. The predicted octanol–water partition coefficient (Wildman–Crippen LogP) is 3.67. The van der Waals surface area contributed by atoms with E-state index in [1.165, 1.54) is 0 Å². The van der Waals surface area contributed by atoms with Crippen molar-refractivity contribution >= 4 is 45.8 Å². The van der Waals surface area contributed by atoms with Crippen molar-refractivity contribution in [3.8, 4) is 11.4 Å². The third kappa shape index (κ3) is 3.30. The van der Waals surface area contributed by atoms with Crippen molar-refractivity contribution < 1.29 is 14.3 Å². The molecule has 1 aliphatic rings. The predicted molar refractivity (Wildman–Crippen MR) is 107 cm³/mol. The highest BCUT2D eigenvalue weighted by molar-refractivity contribution is 14.1. The first-order valence-electron chi connectivity index (χ1n) is 7.91. The van der Waals surface area contributed by atoms with Gasteiger partial charge >= 0.3 is 0 Å². The molecule has 4 rings (SSSR count). The minimum Gasteiger partial charge on any atom is -0.482 e. The normalized spacial score (nSPS) is 12.7. The Kier molecular flexibility index (Phi) is 4.37. The van der Waals surface area contributed by atoms with E-state index in [0.717, 1.165) is 9.26 Å².